The van der Waals surface area contributed by atoms with E-state index in [9.17, 15) is 12.8 Å². The molecule has 2 aromatic carbocycles. The smallest absolute Gasteiger partial charge is 0.208 e. The Labute approximate surface area is 194 Å². The van der Waals surface area contributed by atoms with Crippen LogP contribution in [-0.2, 0) is 16.4 Å². The molecule has 2 rings (SSSR count). The molecule has 0 aliphatic carbocycles. The van der Waals surface area contributed by atoms with Crippen molar-refractivity contribution in [2.45, 2.75) is 13.3 Å². The van der Waals surface area contributed by atoms with E-state index in [4.69, 9.17) is 4.74 Å². The molecule has 0 atom stereocenters. The van der Waals surface area contributed by atoms with Gasteiger partial charge in [0.05, 0.1) is 12.8 Å². The average Bonchev–Trinajstić information content (AvgIpc) is 2.67. The minimum absolute atomic E-state index is 0. The van der Waals surface area contributed by atoms with Gasteiger partial charge in [0.15, 0.2) is 17.5 Å². The van der Waals surface area contributed by atoms with Crippen molar-refractivity contribution in [3.05, 3.63) is 59.9 Å². The van der Waals surface area contributed by atoms with Crippen LogP contribution in [0.3, 0.4) is 0 Å². The lowest BCUT2D eigenvalue weighted by Gasteiger charge is -2.12. The van der Waals surface area contributed by atoms with Crippen LogP contribution in [0.15, 0.2) is 53.5 Å². The second kappa shape index (κ2) is 13.4. The van der Waals surface area contributed by atoms with Crippen LogP contribution in [0, 0.1) is 5.82 Å². The fourth-order valence-electron chi connectivity index (χ4n) is 2.46. The van der Waals surface area contributed by atoms with E-state index in [2.05, 4.69) is 20.3 Å². The molecule has 0 bridgehead atoms. The fourth-order valence-corrected chi connectivity index (χ4v) is 2.93. The summed E-state index contributed by atoms with van der Waals surface area (Å²) in [6.45, 7) is 3.69. The molecule has 0 heterocycles. The first-order chi connectivity index (χ1) is 13.9. The molecule has 0 aromatic heterocycles. The van der Waals surface area contributed by atoms with Gasteiger partial charge in [0.1, 0.15) is 5.75 Å². The number of nitrogens with one attached hydrogen (secondary N) is 3. The first-order valence-corrected chi connectivity index (χ1v) is 11.2. The van der Waals surface area contributed by atoms with Gasteiger partial charge in [0.2, 0.25) is 10.0 Å². The third-order valence-electron chi connectivity index (χ3n) is 3.76. The molecule has 0 aliphatic rings. The highest BCUT2D eigenvalue weighted by Crippen LogP contribution is 2.24. The number of ether oxygens (including phenoxy) is 1. The Kier molecular flexibility index (Phi) is 11.7. The molecule has 166 valence electrons. The molecule has 10 heteroatoms. The van der Waals surface area contributed by atoms with E-state index in [0.29, 0.717) is 37.8 Å². The number of rotatable bonds is 10. The Morgan fingerprint density at radius 2 is 1.83 bits per heavy atom. The molecule has 0 spiro atoms. The number of halogens is 2. The highest BCUT2D eigenvalue weighted by Gasteiger charge is 2.07. The van der Waals surface area contributed by atoms with E-state index >= 15 is 0 Å². The molecule has 3 N–H and O–H groups in total. The Morgan fingerprint density at radius 1 is 1.10 bits per heavy atom. The quantitative estimate of drug-likeness (QED) is 0.183. The topological polar surface area (TPSA) is 91.8 Å². The van der Waals surface area contributed by atoms with Crippen molar-refractivity contribution in [2.75, 3.05) is 32.4 Å². The summed E-state index contributed by atoms with van der Waals surface area (Å²) in [6.07, 6.45) is 1.70. The molecule has 2 aromatic rings. The second-order valence-corrected chi connectivity index (χ2v) is 8.12. The van der Waals surface area contributed by atoms with Gasteiger partial charge in [-0.25, -0.2) is 17.5 Å². The van der Waals surface area contributed by atoms with Gasteiger partial charge in [0.25, 0.3) is 0 Å². The van der Waals surface area contributed by atoms with Crippen molar-refractivity contribution in [2.24, 2.45) is 4.99 Å². The third kappa shape index (κ3) is 10.2. The van der Waals surface area contributed by atoms with Crippen molar-refractivity contribution in [3.8, 4) is 11.5 Å². The summed E-state index contributed by atoms with van der Waals surface area (Å²) in [5.41, 5.74) is 0.824. The molecule has 0 unspecified atom stereocenters. The predicted octanol–water partition coefficient (Wildman–Crippen LogP) is 2.88. The number of hydrogen-bond donors (Lipinski definition) is 3. The van der Waals surface area contributed by atoms with Gasteiger partial charge in [-0.05, 0) is 43.2 Å². The van der Waals surface area contributed by atoms with Crippen LogP contribution >= 0.6 is 24.0 Å². The van der Waals surface area contributed by atoms with Crippen molar-refractivity contribution >= 4 is 40.0 Å². The number of sulfonamides is 1. The summed E-state index contributed by atoms with van der Waals surface area (Å²) in [4.78, 5) is 4.30. The lowest BCUT2D eigenvalue weighted by molar-refractivity contribution is 0.441. The van der Waals surface area contributed by atoms with E-state index in [0.717, 1.165) is 11.8 Å². The van der Waals surface area contributed by atoms with Gasteiger partial charge in [-0.2, -0.15) is 0 Å². The van der Waals surface area contributed by atoms with Gasteiger partial charge in [-0.3, -0.25) is 4.99 Å². The van der Waals surface area contributed by atoms with Crippen LogP contribution in [-0.4, -0.2) is 46.8 Å². The summed E-state index contributed by atoms with van der Waals surface area (Å²) >= 11 is 0. The Bertz CT molecular complexity index is 912. The van der Waals surface area contributed by atoms with Crippen molar-refractivity contribution < 1.29 is 17.5 Å². The third-order valence-corrected chi connectivity index (χ3v) is 4.49. The van der Waals surface area contributed by atoms with E-state index in [-0.39, 0.29) is 36.3 Å². The number of benzene rings is 2. The number of hydrogen-bond acceptors (Lipinski definition) is 4. The number of aliphatic imine (C=N–C) groups is 1. The van der Waals surface area contributed by atoms with Crippen molar-refractivity contribution in [3.63, 3.8) is 0 Å². The van der Waals surface area contributed by atoms with Crippen LogP contribution in [0.25, 0.3) is 0 Å². The lowest BCUT2D eigenvalue weighted by Crippen LogP contribution is -2.39. The van der Waals surface area contributed by atoms with Crippen molar-refractivity contribution in [1.82, 2.24) is 15.4 Å². The minimum Gasteiger partial charge on any atom is -0.454 e. The second-order valence-electron chi connectivity index (χ2n) is 6.28. The Balaban J connectivity index is 0.00000450. The van der Waals surface area contributed by atoms with E-state index < -0.39 is 15.8 Å². The standard InChI is InChI=1S/C20H27FN4O3S.HI/c1-3-22-20(24-13-14-25-29(2,26)27)23-12-11-16-9-10-19(18(21)15-16)28-17-7-5-4-6-8-17;/h4-10,15,25H,3,11-14H2,1-2H3,(H2,22,23,24);1H. The first kappa shape index (κ1) is 26.1. The summed E-state index contributed by atoms with van der Waals surface area (Å²) < 4.78 is 44.3. The van der Waals surface area contributed by atoms with Crippen LogP contribution < -0.4 is 20.1 Å². The molecule has 0 fully saturated rings. The van der Waals surface area contributed by atoms with E-state index in [1.165, 1.54) is 6.07 Å². The Morgan fingerprint density at radius 3 is 2.47 bits per heavy atom. The molecule has 0 radical (unpaired) electrons. The molecule has 0 saturated heterocycles. The molecule has 0 saturated carbocycles. The predicted molar refractivity (Wildman–Crippen MR) is 129 cm³/mol. The van der Waals surface area contributed by atoms with E-state index in [1.807, 2.05) is 31.2 Å². The average molecular weight is 550 g/mol. The van der Waals surface area contributed by atoms with E-state index in [1.54, 1.807) is 18.2 Å². The van der Waals surface area contributed by atoms with Crippen LogP contribution in [0.4, 0.5) is 4.39 Å². The summed E-state index contributed by atoms with van der Waals surface area (Å²) in [7, 11) is -3.22. The highest BCUT2D eigenvalue weighted by molar-refractivity contribution is 14.0. The zero-order valence-corrected chi connectivity index (χ0v) is 20.2. The van der Waals surface area contributed by atoms with Crippen molar-refractivity contribution in [1.29, 1.82) is 0 Å². The summed E-state index contributed by atoms with van der Waals surface area (Å²) in [6, 6.07) is 14.0. The van der Waals surface area contributed by atoms with Crippen LogP contribution in [0.2, 0.25) is 0 Å². The highest BCUT2D eigenvalue weighted by atomic mass is 127. The van der Waals surface area contributed by atoms with Gasteiger partial charge >= 0.3 is 0 Å². The van der Waals surface area contributed by atoms with Gasteiger partial charge in [-0.1, -0.05) is 24.3 Å². The monoisotopic (exact) mass is 550 g/mol. The first-order valence-electron chi connectivity index (χ1n) is 9.35. The SMILES string of the molecule is CCNC(=NCCNS(C)(=O)=O)NCCc1ccc(Oc2ccccc2)c(F)c1.I. The molecular weight excluding hydrogens is 522 g/mol. The molecule has 30 heavy (non-hydrogen) atoms. The zero-order chi connectivity index (χ0) is 21.1. The normalized spacial score (nSPS) is 11.5. The molecule has 0 aliphatic heterocycles. The van der Waals surface area contributed by atoms with Gasteiger partial charge < -0.3 is 15.4 Å². The molecular formula is C20H28FIN4O3S. The van der Waals surface area contributed by atoms with Gasteiger partial charge in [-0.15, -0.1) is 24.0 Å². The molecule has 0 amide bonds. The maximum atomic E-state index is 14.3. The fraction of sp³-hybridized carbons (Fsp3) is 0.350. The van der Waals surface area contributed by atoms with Gasteiger partial charge in [0, 0.05) is 19.6 Å². The summed E-state index contributed by atoms with van der Waals surface area (Å²) in [5, 5.41) is 6.23. The number of nitrogens with zero attached hydrogens (tertiary/aromatic N) is 1. The lowest BCUT2D eigenvalue weighted by atomic mass is 10.1. The van der Waals surface area contributed by atoms with Crippen LogP contribution in [0.1, 0.15) is 12.5 Å². The largest absolute Gasteiger partial charge is 0.454 e. The number of guanidine groups is 1. The Hall–Kier alpha value is -1.92. The molecule has 7 nitrogen and oxygen atoms in total. The maximum absolute atomic E-state index is 14.3. The number of para-hydroxylation sites is 1. The maximum Gasteiger partial charge on any atom is 0.208 e. The van der Waals surface area contributed by atoms with Crippen LogP contribution in [0.5, 0.6) is 11.5 Å². The summed E-state index contributed by atoms with van der Waals surface area (Å²) in [5.74, 6) is 0.921. The minimum atomic E-state index is -3.22. The zero-order valence-electron chi connectivity index (χ0n) is 17.0.